The highest BCUT2D eigenvalue weighted by molar-refractivity contribution is 5.92. The Kier molecular flexibility index (Phi) is 10.1. The molecule has 0 saturated carbocycles. The van der Waals surface area contributed by atoms with Gasteiger partial charge in [-0.15, -0.1) is 0 Å². The molecule has 9 heteroatoms. The van der Waals surface area contributed by atoms with Gasteiger partial charge in [-0.25, -0.2) is 4.79 Å². The van der Waals surface area contributed by atoms with Crippen molar-refractivity contribution >= 4 is 17.8 Å². The molecule has 0 aliphatic carbocycles. The number of benzene rings is 1. The van der Waals surface area contributed by atoms with Crippen LogP contribution in [0.4, 0.5) is 0 Å². The molecule has 3 atom stereocenters. The third-order valence-electron chi connectivity index (χ3n) is 6.41. The fraction of sp³-hybridized carbons (Fsp3) is 0.577. The molecule has 0 spiro atoms. The van der Waals surface area contributed by atoms with E-state index in [-0.39, 0.29) is 36.0 Å². The van der Waals surface area contributed by atoms with E-state index in [9.17, 15) is 19.5 Å². The number of esters is 1. The van der Waals surface area contributed by atoms with E-state index >= 15 is 0 Å². The van der Waals surface area contributed by atoms with Crippen LogP contribution in [-0.2, 0) is 23.8 Å². The molecule has 2 aliphatic heterocycles. The van der Waals surface area contributed by atoms with Crippen LogP contribution >= 0.6 is 0 Å². The largest absolute Gasteiger partial charge is 0.465 e. The number of aliphatic hydroxyl groups excluding tert-OH is 1. The van der Waals surface area contributed by atoms with Crippen molar-refractivity contribution in [2.24, 2.45) is 5.92 Å². The van der Waals surface area contributed by atoms with Crippen molar-refractivity contribution in [3.63, 3.8) is 0 Å². The standard InChI is InChI=1S/C26H36N2O7/c1-3-34-26-20(7-5-16-29)21(18-9-11-19(12-10-18)25(32)33-2)17-22(35-26)24(31)27-13-6-15-28-14-4-8-23(28)30/h9-12,17,20-21,26,29H,3-8,13-16H2,1-2H3,(H,27,31)/t20-,21+,26+/m0/s1. The van der Waals surface area contributed by atoms with E-state index in [0.29, 0.717) is 50.9 Å². The molecule has 0 unspecified atom stereocenters. The number of carbonyl (C=O) groups excluding carboxylic acids is 3. The highest BCUT2D eigenvalue weighted by Gasteiger charge is 2.37. The molecule has 1 aromatic rings. The maximum atomic E-state index is 12.9. The van der Waals surface area contributed by atoms with Gasteiger partial charge in [-0.2, -0.15) is 0 Å². The first kappa shape index (κ1) is 26.7. The maximum absolute atomic E-state index is 12.9. The molecule has 1 saturated heterocycles. The fourth-order valence-electron chi connectivity index (χ4n) is 4.60. The minimum absolute atomic E-state index is 0.0416. The van der Waals surface area contributed by atoms with Crippen LogP contribution in [0.1, 0.15) is 60.9 Å². The monoisotopic (exact) mass is 488 g/mol. The zero-order valence-electron chi connectivity index (χ0n) is 20.5. The molecule has 192 valence electrons. The minimum atomic E-state index is -0.648. The van der Waals surface area contributed by atoms with Crippen molar-refractivity contribution in [2.45, 2.75) is 51.2 Å². The number of hydrogen-bond donors (Lipinski definition) is 2. The van der Waals surface area contributed by atoms with Crippen LogP contribution < -0.4 is 5.32 Å². The molecule has 2 aliphatic rings. The Hall–Kier alpha value is -2.91. The lowest BCUT2D eigenvalue weighted by atomic mass is 9.80. The number of carbonyl (C=O) groups is 3. The summed E-state index contributed by atoms with van der Waals surface area (Å²) in [6.07, 6.45) is 4.51. The number of amides is 2. The smallest absolute Gasteiger partial charge is 0.337 e. The van der Waals surface area contributed by atoms with E-state index in [2.05, 4.69) is 5.32 Å². The van der Waals surface area contributed by atoms with Crippen molar-refractivity contribution in [1.29, 1.82) is 0 Å². The van der Waals surface area contributed by atoms with Crippen LogP contribution in [0, 0.1) is 5.92 Å². The van der Waals surface area contributed by atoms with Crippen molar-refractivity contribution < 1.29 is 33.7 Å². The SMILES string of the molecule is CCO[C@@H]1OC(C(=O)NCCCN2CCCC2=O)=C[C@H](c2ccc(C(=O)OC)cc2)[C@@H]1CCCO. The van der Waals surface area contributed by atoms with Gasteiger partial charge in [0.1, 0.15) is 0 Å². The Morgan fingerprint density at radius 1 is 1.23 bits per heavy atom. The lowest BCUT2D eigenvalue weighted by Crippen LogP contribution is -2.39. The summed E-state index contributed by atoms with van der Waals surface area (Å²) in [5, 5.41) is 12.3. The summed E-state index contributed by atoms with van der Waals surface area (Å²) in [5.41, 5.74) is 1.35. The summed E-state index contributed by atoms with van der Waals surface area (Å²) in [4.78, 5) is 38.4. The normalized spacial score (nSPS) is 21.9. The predicted molar refractivity (Wildman–Crippen MR) is 128 cm³/mol. The first-order chi connectivity index (χ1) is 17.0. The Labute approximate surface area is 206 Å². The molecule has 2 amide bonds. The number of allylic oxidation sites excluding steroid dienone is 1. The van der Waals surface area contributed by atoms with Crippen LogP contribution in [0.15, 0.2) is 36.1 Å². The van der Waals surface area contributed by atoms with Crippen LogP contribution in [0.5, 0.6) is 0 Å². The highest BCUT2D eigenvalue weighted by atomic mass is 16.7. The topological polar surface area (TPSA) is 114 Å². The molecule has 35 heavy (non-hydrogen) atoms. The van der Waals surface area contributed by atoms with Gasteiger partial charge in [0.25, 0.3) is 5.91 Å². The van der Waals surface area contributed by atoms with Crippen molar-refractivity contribution in [3.8, 4) is 0 Å². The Morgan fingerprint density at radius 3 is 2.63 bits per heavy atom. The molecule has 3 rings (SSSR count). The summed E-state index contributed by atoms with van der Waals surface area (Å²) < 4.78 is 16.6. The summed E-state index contributed by atoms with van der Waals surface area (Å²) in [6, 6.07) is 7.08. The summed E-state index contributed by atoms with van der Waals surface area (Å²) in [6.45, 7) is 4.15. The molecule has 1 aromatic carbocycles. The van der Waals surface area contributed by atoms with Gasteiger partial charge in [-0.3, -0.25) is 9.59 Å². The number of nitrogens with one attached hydrogen (secondary N) is 1. The lowest BCUT2D eigenvalue weighted by Gasteiger charge is -2.37. The van der Waals surface area contributed by atoms with E-state index in [1.54, 1.807) is 18.2 Å². The molecule has 2 heterocycles. The van der Waals surface area contributed by atoms with Crippen LogP contribution in [0.25, 0.3) is 0 Å². The Balaban J connectivity index is 1.75. The quantitative estimate of drug-likeness (QED) is 0.343. The second kappa shape index (κ2) is 13.3. The Bertz CT molecular complexity index is 899. The molecule has 0 radical (unpaired) electrons. The number of methoxy groups -OCH3 is 1. The first-order valence-electron chi connectivity index (χ1n) is 12.3. The number of nitrogens with zero attached hydrogens (tertiary/aromatic N) is 1. The number of likely N-dealkylation sites (tertiary alicyclic amines) is 1. The number of hydrogen-bond acceptors (Lipinski definition) is 7. The molecule has 0 aromatic heterocycles. The van der Waals surface area contributed by atoms with Crippen LogP contribution in [-0.4, -0.2) is 74.0 Å². The third-order valence-corrected chi connectivity index (χ3v) is 6.41. The van der Waals surface area contributed by atoms with Gasteiger partial charge < -0.3 is 29.5 Å². The van der Waals surface area contributed by atoms with E-state index in [1.807, 2.05) is 24.0 Å². The molecule has 9 nitrogen and oxygen atoms in total. The second-order valence-corrected chi connectivity index (χ2v) is 8.74. The Morgan fingerprint density at radius 2 is 2.00 bits per heavy atom. The number of rotatable bonds is 12. The zero-order valence-corrected chi connectivity index (χ0v) is 20.5. The van der Waals surface area contributed by atoms with Gasteiger partial charge >= 0.3 is 5.97 Å². The third kappa shape index (κ3) is 7.05. The van der Waals surface area contributed by atoms with Gasteiger partial charge in [0.05, 0.1) is 12.7 Å². The van der Waals surface area contributed by atoms with E-state index < -0.39 is 12.3 Å². The van der Waals surface area contributed by atoms with Gasteiger partial charge in [-0.05, 0) is 56.4 Å². The number of ether oxygens (including phenoxy) is 3. The van der Waals surface area contributed by atoms with Crippen molar-refractivity contribution in [3.05, 3.63) is 47.2 Å². The zero-order chi connectivity index (χ0) is 25.2. The fourth-order valence-corrected chi connectivity index (χ4v) is 4.60. The number of aliphatic hydroxyl groups is 1. The lowest BCUT2D eigenvalue weighted by molar-refractivity contribution is -0.166. The van der Waals surface area contributed by atoms with E-state index in [4.69, 9.17) is 14.2 Å². The molecule has 1 fully saturated rings. The second-order valence-electron chi connectivity index (χ2n) is 8.74. The summed E-state index contributed by atoms with van der Waals surface area (Å²) in [5.74, 6) is -0.726. The van der Waals surface area contributed by atoms with Gasteiger partial charge in [0.2, 0.25) is 12.2 Å². The van der Waals surface area contributed by atoms with Gasteiger partial charge in [-0.1, -0.05) is 12.1 Å². The van der Waals surface area contributed by atoms with Crippen LogP contribution in [0.3, 0.4) is 0 Å². The molecular weight excluding hydrogens is 452 g/mol. The van der Waals surface area contributed by atoms with Gasteiger partial charge in [0.15, 0.2) is 5.76 Å². The highest BCUT2D eigenvalue weighted by Crippen LogP contribution is 2.39. The predicted octanol–water partition coefficient (Wildman–Crippen LogP) is 2.35. The van der Waals surface area contributed by atoms with E-state index in [1.165, 1.54) is 7.11 Å². The van der Waals surface area contributed by atoms with E-state index in [0.717, 1.165) is 18.5 Å². The van der Waals surface area contributed by atoms with Gasteiger partial charge in [0, 0.05) is 51.1 Å². The minimum Gasteiger partial charge on any atom is -0.465 e. The summed E-state index contributed by atoms with van der Waals surface area (Å²) in [7, 11) is 1.34. The average Bonchev–Trinajstić information content (AvgIpc) is 3.29. The molecule has 2 N–H and O–H groups in total. The maximum Gasteiger partial charge on any atom is 0.337 e. The van der Waals surface area contributed by atoms with Crippen molar-refractivity contribution in [1.82, 2.24) is 10.2 Å². The van der Waals surface area contributed by atoms with Crippen molar-refractivity contribution in [2.75, 3.05) is 40.0 Å². The summed E-state index contributed by atoms with van der Waals surface area (Å²) >= 11 is 0. The van der Waals surface area contributed by atoms with Crippen LogP contribution in [0.2, 0.25) is 0 Å². The molecular formula is C26H36N2O7. The first-order valence-corrected chi connectivity index (χ1v) is 12.3. The molecule has 0 bridgehead atoms. The average molecular weight is 489 g/mol.